The number of rotatable bonds is 2. The summed E-state index contributed by atoms with van der Waals surface area (Å²) in [5, 5.41) is 3.77. The van der Waals surface area contributed by atoms with E-state index in [9.17, 15) is 0 Å². The number of fused-ring (bicyclic) bond motifs is 2. The lowest BCUT2D eigenvalue weighted by Gasteiger charge is -2.38. The van der Waals surface area contributed by atoms with Crippen LogP contribution in [0.1, 0.15) is 25.7 Å². The van der Waals surface area contributed by atoms with Crippen LogP contribution in [0.2, 0.25) is 0 Å². The fourth-order valence-electron chi connectivity index (χ4n) is 3.09. The zero-order valence-corrected chi connectivity index (χ0v) is 9.24. The van der Waals surface area contributed by atoms with Crippen molar-refractivity contribution in [2.45, 2.75) is 37.4 Å². The monoisotopic (exact) mass is 202 g/mol. The third-order valence-corrected chi connectivity index (χ3v) is 4.07. The Morgan fingerprint density at radius 3 is 2.40 bits per heavy atom. The smallest absolute Gasteiger partial charge is 0.0908 e. The van der Waals surface area contributed by atoms with Gasteiger partial charge in [0.05, 0.1) is 5.66 Å². The molecule has 2 bridgehead atoms. The van der Waals surface area contributed by atoms with Gasteiger partial charge in [0, 0.05) is 18.8 Å². The lowest BCUT2D eigenvalue weighted by atomic mass is 9.93. The van der Waals surface area contributed by atoms with E-state index in [0.29, 0.717) is 0 Å². The van der Waals surface area contributed by atoms with Gasteiger partial charge < -0.3 is 4.90 Å². The quantitative estimate of drug-likeness (QED) is 0.792. The molecule has 1 aromatic carbocycles. The van der Waals surface area contributed by atoms with Crippen LogP contribution in [-0.2, 0) is 0 Å². The number of benzene rings is 1. The van der Waals surface area contributed by atoms with Gasteiger partial charge in [0.1, 0.15) is 0 Å². The standard InChI is InChI=1S/C13H18N2/c1-15(12-5-3-2-4-6-12)13-9-7-11(14-13)8-10-13/h2-6,11,14H,7-10H2,1H3. The van der Waals surface area contributed by atoms with Crippen molar-refractivity contribution >= 4 is 5.69 Å². The summed E-state index contributed by atoms with van der Waals surface area (Å²) in [4.78, 5) is 2.43. The Labute approximate surface area is 91.3 Å². The molecule has 0 aliphatic carbocycles. The van der Waals surface area contributed by atoms with E-state index in [1.54, 1.807) is 0 Å². The molecule has 0 unspecified atom stereocenters. The van der Waals surface area contributed by atoms with Gasteiger partial charge in [0.25, 0.3) is 0 Å². The van der Waals surface area contributed by atoms with Gasteiger partial charge in [-0.25, -0.2) is 0 Å². The van der Waals surface area contributed by atoms with E-state index < -0.39 is 0 Å². The van der Waals surface area contributed by atoms with Crippen LogP contribution in [0.5, 0.6) is 0 Å². The normalized spacial score (nSPS) is 33.3. The molecule has 2 heteroatoms. The van der Waals surface area contributed by atoms with E-state index in [1.165, 1.54) is 31.4 Å². The average molecular weight is 202 g/mol. The van der Waals surface area contributed by atoms with E-state index >= 15 is 0 Å². The SMILES string of the molecule is CN(c1ccccc1)C12CCC(CC1)N2. The van der Waals surface area contributed by atoms with E-state index in [2.05, 4.69) is 47.6 Å². The summed E-state index contributed by atoms with van der Waals surface area (Å²) in [6, 6.07) is 11.5. The molecular weight excluding hydrogens is 184 g/mol. The van der Waals surface area contributed by atoms with Gasteiger partial charge in [-0.15, -0.1) is 0 Å². The first-order valence-electron chi connectivity index (χ1n) is 5.87. The van der Waals surface area contributed by atoms with Crippen LogP contribution < -0.4 is 10.2 Å². The zero-order chi connectivity index (χ0) is 10.3. The Hall–Kier alpha value is -1.02. The van der Waals surface area contributed by atoms with E-state index in [0.717, 1.165) is 6.04 Å². The number of para-hydroxylation sites is 1. The third kappa shape index (κ3) is 1.36. The Kier molecular flexibility index (Phi) is 1.99. The third-order valence-electron chi connectivity index (χ3n) is 4.07. The average Bonchev–Trinajstić information content (AvgIpc) is 2.90. The molecule has 0 atom stereocenters. The van der Waals surface area contributed by atoms with Crippen molar-refractivity contribution in [3.05, 3.63) is 30.3 Å². The summed E-state index contributed by atoms with van der Waals surface area (Å²) in [5.41, 5.74) is 1.58. The highest BCUT2D eigenvalue weighted by atomic mass is 15.3. The predicted molar refractivity (Wildman–Crippen MR) is 63.0 cm³/mol. The molecule has 1 aromatic rings. The number of anilines is 1. The molecule has 2 saturated heterocycles. The summed E-state index contributed by atoms with van der Waals surface area (Å²) in [5.74, 6) is 0. The molecular formula is C13H18N2. The van der Waals surface area contributed by atoms with Crippen molar-refractivity contribution < 1.29 is 0 Å². The van der Waals surface area contributed by atoms with Gasteiger partial charge in [0.15, 0.2) is 0 Å². The minimum absolute atomic E-state index is 0.256. The minimum atomic E-state index is 0.256. The second-order valence-corrected chi connectivity index (χ2v) is 4.84. The number of nitrogens with one attached hydrogen (secondary N) is 1. The van der Waals surface area contributed by atoms with Gasteiger partial charge in [-0.2, -0.15) is 0 Å². The molecule has 2 nitrogen and oxygen atoms in total. The molecule has 0 saturated carbocycles. The Balaban J connectivity index is 1.88. The maximum Gasteiger partial charge on any atom is 0.0908 e. The summed E-state index contributed by atoms with van der Waals surface area (Å²) < 4.78 is 0. The Morgan fingerprint density at radius 1 is 1.20 bits per heavy atom. The number of hydrogen-bond donors (Lipinski definition) is 1. The molecule has 15 heavy (non-hydrogen) atoms. The largest absolute Gasteiger partial charge is 0.356 e. The molecule has 0 aromatic heterocycles. The van der Waals surface area contributed by atoms with E-state index in [-0.39, 0.29) is 5.66 Å². The highest BCUT2D eigenvalue weighted by Gasteiger charge is 2.47. The van der Waals surface area contributed by atoms with Crippen molar-refractivity contribution in [3.8, 4) is 0 Å². The van der Waals surface area contributed by atoms with Crippen LogP contribution in [0.15, 0.2) is 30.3 Å². The van der Waals surface area contributed by atoms with Gasteiger partial charge >= 0.3 is 0 Å². The fraction of sp³-hybridized carbons (Fsp3) is 0.538. The lowest BCUT2D eigenvalue weighted by molar-refractivity contribution is 0.380. The summed E-state index contributed by atoms with van der Waals surface area (Å²) in [6.07, 6.45) is 5.28. The molecule has 2 aliphatic heterocycles. The number of nitrogens with zero attached hydrogens (tertiary/aromatic N) is 1. The fourth-order valence-corrected chi connectivity index (χ4v) is 3.09. The topological polar surface area (TPSA) is 15.3 Å². The van der Waals surface area contributed by atoms with Crippen LogP contribution in [0.25, 0.3) is 0 Å². The molecule has 2 heterocycles. The Bertz CT molecular complexity index is 339. The molecule has 3 rings (SSSR count). The van der Waals surface area contributed by atoms with Crippen molar-refractivity contribution in [2.24, 2.45) is 0 Å². The molecule has 0 amide bonds. The zero-order valence-electron chi connectivity index (χ0n) is 9.24. The van der Waals surface area contributed by atoms with Gasteiger partial charge in [-0.05, 0) is 37.8 Å². The molecule has 0 spiro atoms. The van der Waals surface area contributed by atoms with Crippen LogP contribution in [0.3, 0.4) is 0 Å². The van der Waals surface area contributed by atoms with Crippen LogP contribution in [-0.4, -0.2) is 18.8 Å². The van der Waals surface area contributed by atoms with Gasteiger partial charge in [0.2, 0.25) is 0 Å². The Morgan fingerprint density at radius 2 is 1.87 bits per heavy atom. The van der Waals surface area contributed by atoms with Crippen molar-refractivity contribution in [2.75, 3.05) is 11.9 Å². The molecule has 80 valence electrons. The summed E-state index contributed by atoms with van der Waals surface area (Å²) >= 11 is 0. The highest BCUT2D eigenvalue weighted by molar-refractivity contribution is 5.48. The molecule has 2 fully saturated rings. The first-order chi connectivity index (χ1) is 7.30. The maximum atomic E-state index is 3.77. The molecule has 2 aliphatic rings. The first-order valence-corrected chi connectivity index (χ1v) is 5.87. The minimum Gasteiger partial charge on any atom is -0.356 e. The van der Waals surface area contributed by atoms with E-state index in [4.69, 9.17) is 0 Å². The summed E-state index contributed by atoms with van der Waals surface area (Å²) in [7, 11) is 2.22. The van der Waals surface area contributed by atoms with Crippen molar-refractivity contribution in [1.82, 2.24) is 5.32 Å². The highest BCUT2D eigenvalue weighted by Crippen LogP contribution is 2.41. The molecule has 0 radical (unpaired) electrons. The predicted octanol–water partition coefficient (Wildman–Crippen LogP) is 2.36. The van der Waals surface area contributed by atoms with E-state index in [1.807, 2.05) is 0 Å². The van der Waals surface area contributed by atoms with Crippen LogP contribution >= 0.6 is 0 Å². The van der Waals surface area contributed by atoms with Crippen LogP contribution in [0.4, 0.5) is 5.69 Å². The second-order valence-electron chi connectivity index (χ2n) is 4.84. The molecule has 1 N–H and O–H groups in total. The number of hydrogen-bond acceptors (Lipinski definition) is 2. The van der Waals surface area contributed by atoms with Crippen LogP contribution in [0, 0.1) is 0 Å². The summed E-state index contributed by atoms with van der Waals surface area (Å²) in [6.45, 7) is 0. The van der Waals surface area contributed by atoms with Crippen molar-refractivity contribution in [3.63, 3.8) is 0 Å². The second kappa shape index (κ2) is 3.24. The van der Waals surface area contributed by atoms with Crippen molar-refractivity contribution in [1.29, 1.82) is 0 Å². The first kappa shape index (κ1) is 9.22. The van der Waals surface area contributed by atoms with Gasteiger partial charge in [-0.3, -0.25) is 5.32 Å². The van der Waals surface area contributed by atoms with Gasteiger partial charge in [-0.1, -0.05) is 18.2 Å². The lowest BCUT2D eigenvalue weighted by Crippen LogP contribution is -2.51. The maximum absolute atomic E-state index is 3.77.